The molecule has 0 spiro atoms. The molecule has 5 nitrogen and oxygen atoms in total. The van der Waals surface area contributed by atoms with Crippen LogP contribution in [0.15, 0.2) is 290 Å². The van der Waals surface area contributed by atoms with Crippen LogP contribution in [0, 0.1) is 0 Å². The van der Waals surface area contributed by atoms with E-state index in [1.807, 2.05) is 0 Å². The summed E-state index contributed by atoms with van der Waals surface area (Å²) in [6.45, 7) is 13.5. The van der Waals surface area contributed by atoms with E-state index in [2.05, 4.69) is 346 Å². The number of nitrogens with zero attached hydrogens (tertiary/aromatic N) is 4. The highest BCUT2D eigenvalue weighted by molar-refractivity contribution is 7.00. The molecule has 0 radical (unpaired) electrons. The minimum Gasteiger partial charge on any atom is -0.456 e. The van der Waals surface area contributed by atoms with E-state index in [4.69, 9.17) is 4.42 Å². The molecule has 0 saturated heterocycles. The number of para-hydroxylation sites is 5. The maximum absolute atomic E-state index is 6.52. The van der Waals surface area contributed by atoms with Crippen molar-refractivity contribution in [2.24, 2.45) is 0 Å². The second kappa shape index (κ2) is 20.2. The highest BCUT2D eigenvalue weighted by Crippen LogP contribution is 2.49. The Morgan fingerprint density at radius 3 is 1.03 bits per heavy atom. The van der Waals surface area contributed by atoms with E-state index >= 15 is 0 Å². The summed E-state index contributed by atoms with van der Waals surface area (Å²) >= 11 is 0. The van der Waals surface area contributed by atoms with Crippen molar-refractivity contribution < 1.29 is 4.42 Å². The van der Waals surface area contributed by atoms with Gasteiger partial charge >= 0.3 is 0 Å². The van der Waals surface area contributed by atoms with Crippen LogP contribution in [0.4, 0.5) is 34.1 Å². The molecule has 2 aliphatic rings. The fraction of sp³-hybridized carbons (Fsp3) is 0.0930. The van der Waals surface area contributed by atoms with Gasteiger partial charge in [-0.05, 0) is 175 Å². The van der Waals surface area contributed by atoms with Crippen molar-refractivity contribution in [3.63, 3.8) is 0 Å². The van der Waals surface area contributed by atoms with Crippen molar-refractivity contribution >= 4 is 123 Å². The molecule has 16 aromatic rings. The van der Waals surface area contributed by atoms with Crippen molar-refractivity contribution in [2.45, 2.75) is 52.4 Å². The Morgan fingerprint density at radius 1 is 0.272 bits per heavy atom. The van der Waals surface area contributed by atoms with Crippen LogP contribution in [0.5, 0.6) is 0 Å². The minimum atomic E-state index is -0.160. The molecule has 0 fully saturated rings. The molecule has 18 rings (SSSR count). The molecule has 0 amide bonds. The SMILES string of the molecule is CC(C)(C)c1ccc(-c2ccc(N3c4cc(-n5c6ccccc6c6ccccc65)ccc4B4c5ccc(-n6c7ccccc7c7ccccc76)cc5N(c5ccc(-c6ccc(C(C)(C)C)cc6)cc5)c5cc(-c6ccc7oc8ccccc8c7c6)cc3c54)cc2)cc1. The van der Waals surface area contributed by atoms with Gasteiger partial charge in [0, 0.05) is 77.8 Å². The summed E-state index contributed by atoms with van der Waals surface area (Å²) in [5.74, 6) is 0. The predicted octanol–water partition coefficient (Wildman–Crippen LogP) is 21.5. The van der Waals surface area contributed by atoms with Gasteiger partial charge in [0.05, 0.1) is 22.1 Å². The van der Waals surface area contributed by atoms with Crippen molar-refractivity contribution in [2.75, 3.05) is 9.80 Å². The second-order valence-electron chi connectivity index (χ2n) is 27.3. The van der Waals surface area contributed by atoms with E-state index in [-0.39, 0.29) is 17.5 Å². The summed E-state index contributed by atoms with van der Waals surface area (Å²) in [5, 5.41) is 7.13. The number of furan rings is 1. The third-order valence-corrected chi connectivity index (χ3v) is 19.8. The lowest BCUT2D eigenvalue weighted by Gasteiger charge is -2.44. The lowest BCUT2D eigenvalue weighted by Crippen LogP contribution is -2.61. The van der Waals surface area contributed by atoms with Gasteiger partial charge in [-0.3, -0.25) is 0 Å². The van der Waals surface area contributed by atoms with Gasteiger partial charge in [-0.25, -0.2) is 0 Å². The standard InChI is InChI=1S/C86H65BN4O/c1-85(2,3)60-36-27-54(28-37-60)56-31-40-62(41-32-56)88-78-52-64(90-74-22-12-7-17-66(74)67-18-8-13-23-75(67)90)44-46-72(78)87-73-47-45-65(91-76-24-14-9-19-68(76)69-20-10-15-25-77(69)91)53-79(73)89(63-42-33-57(34-43-63)55-29-38-61(39-30-55)86(4,5)6)81-51-59(50-80(88)84(81)87)58-35-48-83-71(49-58)70-21-11-16-26-82(70)92-83/h7-53H,1-6H3. The van der Waals surface area contributed by atoms with E-state index < -0.39 is 0 Å². The maximum Gasteiger partial charge on any atom is 0.252 e. The highest BCUT2D eigenvalue weighted by atomic mass is 16.3. The van der Waals surface area contributed by atoms with Crippen LogP contribution >= 0.6 is 0 Å². The molecule has 438 valence electrons. The van der Waals surface area contributed by atoms with Gasteiger partial charge < -0.3 is 23.4 Å². The number of fused-ring (bicyclic) bond motifs is 13. The predicted molar refractivity (Wildman–Crippen MR) is 390 cm³/mol. The largest absolute Gasteiger partial charge is 0.456 e. The summed E-state index contributed by atoms with van der Waals surface area (Å²) in [5.41, 5.74) is 28.8. The van der Waals surface area contributed by atoms with Crippen LogP contribution in [0.1, 0.15) is 52.7 Å². The summed E-state index contributed by atoms with van der Waals surface area (Å²) in [4.78, 5) is 5.15. The first-order chi connectivity index (χ1) is 44.9. The Labute approximate surface area is 536 Å². The van der Waals surface area contributed by atoms with Crippen LogP contribution in [-0.2, 0) is 10.8 Å². The molecule has 0 aliphatic carbocycles. The number of aromatic nitrogens is 2. The average Bonchev–Trinajstić information content (AvgIpc) is 0.741. The number of benzene rings is 13. The molecule has 5 heterocycles. The molecule has 0 bridgehead atoms. The topological polar surface area (TPSA) is 29.5 Å². The lowest BCUT2D eigenvalue weighted by atomic mass is 9.33. The smallest absolute Gasteiger partial charge is 0.252 e. The molecular weight excluding hydrogens is 1120 g/mol. The van der Waals surface area contributed by atoms with Gasteiger partial charge in [0.15, 0.2) is 0 Å². The Balaban J connectivity index is 0.921. The first-order valence-corrected chi connectivity index (χ1v) is 32.2. The molecule has 0 N–H and O–H groups in total. The molecular formula is C86H65BN4O. The van der Waals surface area contributed by atoms with Crippen LogP contribution in [0.3, 0.4) is 0 Å². The summed E-state index contributed by atoms with van der Waals surface area (Å²) < 4.78 is 11.5. The zero-order valence-electron chi connectivity index (χ0n) is 52.4. The van der Waals surface area contributed by atoms with Gasteiger partial charge in [-0.1, -0.05) is 224 Å². The van der Waals surface area contributed by atoms with E-state index in [1.54, 1.807) is 0 Å². The fourth-order valence-corrected chi connectivity index (χ4v) is 15.2. The Kier molecular flexibility index (Phi) is 11.8. The van der Waals surface area contributed by atoms with E-state index in [1.165, 1.54) is 93.4 Å². The van der Waals surface area contributed by atoms with Crippen LogP contribution in [0.25, 0.3) is 110 Å². The summed E-state index contributed by atoms with van der Waals surface area (Å²) in [6, 6.07) is 107. The molecule has 2 aliphatic heterocycles. The van der Waals surface area contributed by atoms with E-state index in [9.17, 15) is 0 Å². The molecule has 3 aromatic heterocycles. The quantitative estimate of drug-likeness (QED) is 0.149. The van der Waals surface area contributed by atoms with Crippen LogP contribution in [-0.4, -0.2) is 15.8 Å². The van der Waals surface area contributed by atoms with Crippen molar-refractivity contribution in [3.8, 4) is 44.8 Å². The Hall–Kier alpha value is -11.1. The van der Waals surface area contributed by atoms with Crippen LogP contribution in [0.2, 0.25) is 0 Å². The normalized spacial score (nSPS) is 13.0. The highest BCUT2D eigenvalue weighted by Gasteiger charge is 2.44. The molecule has 13 aromatic carbocycles. The summed E-state index contributed by atoms with van der Waals surface area (Å²) in [7, 11) is 0. The van der Waals surface area contributed by atoms with Gasteiger partial charge in [-0.2, -0.15) is 0 Å². The fourth-order valence-electron chi connectivity index (χ4n) is 15.2. The van der Waals surface area contributed by atoms with Crippen molar-refractivity contribution in [1.82, 2.24) is 9.13 Å². The average molecular weight is 1180 g/mol. The third-order valence-electron chi connectivity index (χ3n) is 19.8. The molecule has 92 heavy (non-hydrogen) atoms. The first-order valence-electron chi connectivity index (χ1n) is 32.2. The van der Waals surface area contributed by atoms with Gasteiger partial charge in [0.25, 0.3) is 6.71 Å². The number of anilines is 6. The van der Waals surface area contributed by atoms with Gasteiger partial charge in [0.2, 0.25) is 0 Å². The minimum absolute atomic E-state index is 0.0544. The lowest BCUT2D eigenvalue weighted by molar-refractivity contribution is 0.590. The Morgan fingerprint density at radius 2 is 0.620 bits per heavy atom. The molecule has 6 heteroatoms. The molecule has 0 saturated carbocycles. The third kappa shape index (κ3) is 8.40. The zero-order valence-corrected chi connectivity index (χ0v) is 52.4. The summed E-state index contributed by atoms with van der Waals surface area (Å²) in [6.07, 6.45) is 0. The van der Waals surface area contributed by atoms with E-state index in [0.717, 1.165) is 78.6 Å². The maximum atomic E-state index is 6.52. The van der Waals surface area contributed by atoms with Crippen LogP contribution < -0.4 is 26.2 Å². The van der Waals surface area contributed by atoms with Crippen molar-refractivity contribution in [3.05, 3.63) is 296 Å². The zero-order chi connectivity index (χ0) is 61.7. The second-order valence-corrected chi connectivity index (χ2v) is 27.3. The first kappa shape index (κ1) is 53.9. The molecule has 0 unspecified atom stereocenters. The van der Waals surface area contributed by atoms with Gasteiger partial charge in [-0.15, -0.1) is 0 Å². The van der Waals surface area contributed by atoms with Gasteiger partial charge in [0.1, 0.15) is 11.2 Å². The number of rotatable bonds is 7. The Bertz CT molecular complexity index is 5260. The molecule has 0 atom stereocenters. The van der Waals surface area contributed by atoms with Crippen molar-refractivity contribution in [1.29, 1.82) is 0 Å². The monoisotopic (exact) mass is 1180 g/mol. The van der Waals surface area contributed by atoms with E-state index in [0.29, 0.717) is 0 Å². The number of hydrogen-bond donors (Lipinski definition) is 0. The number of hydrogen-bond acceptors (Lipinski definition) is 3.